The highest BCUT2D eigenvalue weighted by Crippen LogP contribution is 2.36. The number of fused-ring (bicyclic) bond motifs is 1. The number of benzene rings is 2. The Morgan fingerprint density at radius 3 is 2.57 bits per heavy atom. The van der Waals surface area contributed by atoms with Gasteiger partial charge >= 0.3 is 0 Å². The summed E-state index contributed by atoms with van der Waals surface area (Å²) in [6.45, 7) is 1.05. The molecule has 0 aromatic heterocycles. The molecule has 0 aliphatic carbocycles. The van der Waals surface area contributed by atoms with Crippen LogP contribution in [0.15, 0.2) is 36.4 Å². The molecule has 6 heteroatoms. The van der Waals surface area contributed by atoms with Crippen LogP contribution in [-0.2, 0) is 0 Å². The first-order valence-electron chi connectivity index (χ1n) is 7.22. The fourth-order valence-corrected chi connectivity index (χ4v) is 2.29. The molecule has 3 rings (SSSR count). The molecular formula is C17H16FNO4. The lowest BCUT2D eigenvalue weighted by molar-refractivity contribution is 0.102. The van der Waals surface area contributed by atoms with Gasteiger partial charge in [-0.2, -0.15) is 0 Å². The first-order valence-corrected chi connectivity index (χ1v) is 7.22. The maximum atomic E-state index is 13.7. The van der Waals surface area contributed by atoms with E-state index < -0.39 is 11.7 Å². The Morgan fingerprint density at radius 2 is 1.87 bits per heavy atom. The fraction of sp³-hybridized carbons (Fsp3) is 0.235. The average Bonchev–Trinajstić information content (AvgIpc) is 2.80. The zero-order valence-corrected chi connectivity index (χ0v) is 12.6. The Bertz CT molecular complexity index is 733. The van der Waals surface area contributed by atoms with Gasteiger partial charge in [0.2, 0.25) is 0 Å². The number of halogens is 1. The van der Waals surface area contributed by atoms with Gasteiger partial charge in [-0.1, -0.05) is 12.1 Å². The van der Waals surface area contributed by atoms with Gasteiger partial charge in [-0.3, -0.25) is 4.79 Å². The normalized spacial score (nSPS) is 13.1. The van der Waals surface area contributed by atoms with Crippen molar-refractivity contribution in [3.63, 3.8) is 0 Å². The van der Waals surface area contributed by atoms with Crippen LogP contribution in [0.3, 0.4) is 0 Å². The van der Waals surface area contributed by atoms with Crippen molar-refractivity contribution >= 4 is 11.6 Å². The second kappa shape index (κ2) is 6.56. The highest BCUT2D eigenvalue weighted by molar-refractivity contribution is 6.06. The molecule has 0 fully saturated rings. The number of para-hydroxylation sites is 1. The lowest BCUT2D eigenvalue weighted by Crippen LogP contribution is -2.14. The number of methoxy groups -OCH3 is 1. The summed E-state index contributed by atoms with van der Waals surface area (Å²) in [6.07, 6.45) is 0.758. The second-order valence-electron chi connectivity index (χ2n) is 4.98. The molecule has 1 heterocycles. The molecule has 120 valence electrons. The van der Waals surface area contributed by atoms with Gasteiger partial charge in [-0.05, 0) is 12.1 Å². The van der Waals surface area contributed by atoms with Gasteiger partial charge in [0.05, 0.1) is 31.6 Å². The summed E-state index contributed by atoms with van der Waals surface area (Å²) < 4.78 is 30.1. The monoisotopic (exact) mass is 317 g/mol. The summed E-state index contributed by atoms with van der Waals surface area (Å²) in [6, 6.07) is 9.12. The second-order valence-corrected chi connectivity index (χ2v) is 4.98. The van der Waals surface area contributed by atoms with Crippen molar-refractivity contribution in [1.82, 2.24) is 0 Å². The highest BCUT2D eigenvalue weighted by Gasteiger charge is 2.20. The molecule has 0 spiro atoms. The molecule has 23 heavy (non-hydrogen) atoms. The number of carbonyl (C=O) groups is 1. The van der Waals surface area contributed by atoms with E-state index in [-0.39, 0.29) is 11.3 Å². The van der Waals surface area contributed by atoms with Crippen LogP contribution in [-0.4, -0.2) is 26.2 Å². The van der Waals surface area contributed by atoms with Crippen LogP contribution in [0, 0.1) is 5.82 Å². The van der Waals surface area contributed by atoms with Crippen LogP contribution in [0.25, 0.3) is 0 Å². The Labute approximate surface area is 133 Å². The van der Waals surface area contributed by atoms with E-state index in [1.807, 2.05) is 0 Å². The summed E-state index contributed by atoms with van der Waals surface area (Å²) in [5, 5.41) is 2.53. The molecular weight excluding hydrogens is 301 g/mol. The number of hydrogen-bond donors (Lipinski definition) is 1. The van der Waals surface area contributed by atoms with Crippen LogP contribution in [0.1, 0.15) is 16.8 Å². The van der Waals surface area contributed by atoms with E-state index in [4.69, 9.17) is 14.2 Å². The Balaban J connectivity index is 1.93. The number of rotatable bonds is 3. The highest BCUT2D eigenvalue weighted by atomic mass is 19.1. The third kappa shape index (κ3) is 3.21. The van der Waals surface area contributed by atoms with Gasteiger partial charge in [0, 0.05) is 18.6 Å². The minimum Gasteiger partial charge on any atom is -0.496 e. The molecule has 5 nitrogen and oxygen atoms in total. The molecule has 0 radical (unpaired) electrons. The summed E-state index contributed by atoms with van der Waals surface area (Å²) in [7, 11) is 1.46. The van der Waals surface area contributed by atoms with E-state index in [0.29, 0.717) is 30.5 Å². The fourth-order valence-electron chi connectivity index (χ4n) is 2.29. The predicted octanol–water partition coefficient (Wildman–Crippen LogP) is 3.25. The van der Waals surface area contributed by atoms with Crippen molar-refractivity contribution in [2.75, 3.05) is 25.6 Å². The minimum atomic E-state index is -0.505. The lowest BCUT2D eigenvalue weighted by atomic mass is 10.1. The predicted molar refractivity (Wildman–Crippen MR) is 83.0 cm³/mol. The van der Waals surface area contributed by atoms with Crippen LogP contribution in [0.2, 0.25) is 0 Å². The van der Waals surface area contributed by atoms with E-state index in [9.17, 15) is 9.18 Å². The minimum absolute atomic E-state index is 0.103. The molecule has 2 aromatic carbocycles. The van der Waals surface area contributed by atoms with Crippen molar-refractivity contribution < 1.29 is 23.4 Å². The number of ether oxygens (including phenoxy) is 3. The third-order valence-electron chi connectivity index (χ3n) is 3.44. The molecule has 0 saturated heterocycles. The average molecular weight is 317 g/mol. The van der Waals surface area contributed by atoms with Crippen LogP contribution < -0.4 is 19.5 Å². The van der Waals surface area contributed by atoms with Gasteiger partial charge in [0.1, 0.15) is 11.6 Å². The topological polar surface area (TPSA) is 56.8 Å². The van der Waals surface area contributed by atoms with Crippen molar-refractivity contribution in [3.8, 4) is 17.2 Å². The maximum Gasteiger partial charge on any atom is 0.259 e. The number of nitrogens with one attached hydrogen (secondary N) is 1. The van der Waals surface area contributed by atoms with E-state index >= 15 is 0 Å². The quantitative estimate of drug-likeness (QED) is 0.944. The number of hydrogen-bond acceptors (Lipinski definition) is 4. The molecule has 0 atom stereocenters. The summed E-state index contributed by atoms with van der Waals surface area (Å²) in [5.41, 5.74) is 0.353. The molecule has 0 saturated carbocycles. The summed E-state index contributed by atoms with van der Waals surface area (Å²) in [5.74, 6) is 0.351. The molecule has 0 bridgehead atoms. The SMILES string of the molecule is COc1cc2c(cc1C(=O)Nc1ccccc1F)OCCCO2. The zero-order chi connectivity index (χ0) is 16.2. The smallest absolute Gasteiger partial charge is 0.259 e. The van der Waals surface area contributed by atoms with E-state index in [2.05, 4.69) is 5.32 Å². The van der Waals surface area contributed by atoms with E-state index in [1.165, 1.54) is 19.2 Å². The van der Waals surface area contributed by atoms with Gasteiger partial charge in [0.15, 0.2) is 11.5 Å². The molecule has 1 N–H and O–H groups in total. The van der Waals surface area contributed by atoms with Gasteiger partial charge in [0.25, 0.3) is 5.91 Å². The largest absolute Gasteiger partial charge is 0.496 e. The molecule has 0 unspecified atom stereocenters. The molecule has 2 aromatic rings. The van der Waals surface area contributed by atoms with Gasteiger partial charge < -0.3 is 19.5 Å². The van der Waals surface area contributed by atoms with Gasteiger partial charge in [-0.25, -0.2) is 4.39 Å². The van der Waals surface area contributed by atoms with E-state index in [0.717, 1.165) is 6.42 Å². The first kappa shape index (κ1) is 15.1. The van der Waals surface area contributed by atoms with Crippen molar-refractivity contribution in [2.45, 2.75) is 6.42 Å². The number of anilines is 1. The van der Waals surface area contributed by atoms with Crippen molar-refractivity contribution in [3.05, 3.63) is 47.8 Å². The Kier molecular flexibility index (Phi) is 4.32. The first-order chi connectivity index (χ1) is 11.2. The van der Waals surface area contributed by atoms with Crippen molar-refractivity contribution in [1.29, 1.82) is 0 Å². The van der Waals surface area contributed by atoms with E-state index in [1.54, 1.807) is 24.3 Å². The summed E-state index contributed by atoms with van der Waals surface area (Å²) in [4.78, 5) is 12.5. The maximum absolute atomic E-state index is 13.7. The Hall–Kier alpha value is -2.76. The number of carbonyl (C=O) groups excluding carboxylic acids is 1. The number of amides is 1. The molecule has 1 aliphatic heterocycles. The molecule has 1 aliphatic rings. The molecule has 1 amide bonds. The Morgan fingerprint density at radius 1 is 1.17 bits per heavy atom. The van der Waals surface area contributed by atoms with Crippen LogP contribution in [0.4, 0.5) is 10.1 Å². The van der Waals surface area contributed by atoms with Gasteiger partial charge in [-0.15, -0.1) is 0 Å². The van der Waals surface area contributed by atoms with Crippen molar-refractivity contribution in [2.24, 2.45) is 0 Å². The third-order valence-corrected chi connectivity index (χ3v) is 3.44. The van der Waals surface area contributed by atoms with Crippen LogP contribution >= 0.6 is 0 Å². The van der Waals surface area contributed by atoms with Crippen LogP contribution in [0.5, 0.6) is 17.2 Å². The zero-order valence-electron chi connectivity index (χ0n) is 12.6. The standard InChI is InChI=1S/C17H16FNO4/c1-21-14-10-16-15(22-7-4-8-23-16)9-11(14)17(20)19-13-6-3-2-5-12(13)18/h2-3,5-6,9-10H,4,7-8H2,1H3,(H,19,20). The summed E-state index contributed by atoms with van der Waals surface area (Å²) >= 11 is 0. The lowest BCUT2D eigenvalue weighted by Gasteiger charge is -2.14.